The van der Waals surface area contributed by atoms with Crippen LogP contribution in [0.2, 0.25) is 0 Å². The number of aromatic nitrogens is 3. The van der Waals surface area contributed by atoms with E-state index < -0.39 is 5.60 Å². The van der Waals surface area contributed by atoms with Gasteiger partial charge in [-0.3, -0.25) is 9.89 Å². The summed E-state index contributed by atoms with van der Waals surface area (Å²) in [6.07, 6.45) is 0. The summed E-state index contributed by atoms with van der Waals surface area (Å²) in [7, 11) is 0. The molecule has 0 radical (unpaired) electrons. The summed E-state index contributed by atoms with van der Waals surface area (Å²) >= 11 is 0. The first-order chi connectivity index (χ1) is 10.3. The second-order valence-electron chi connectivity index (χ2n) is 5.95. The quantitative estimate of drug-likeness (QED) is 0.885. The molecule has 118 valence electrons. The molecule has 0 fully saturated rings. The van der Waals surface area contributed by atoms with E-state index in [-0.39, 0.29) is 5.91 Å². The van der Waals surface area contributed by atoms with Crippen molar-refractivity contribution in [2.45, 2.75) is 33.3 Å². The van der Waals surface area contributed by atoms with E-state index in [0.29, 0.717) is 24.5 Å². The average molecular weight is 302 g/mol. The first kappa shape index (κ1) is 16.2. The summed E-state index contributed by atoms with van der Waals surface area (Å²) in [4.78, 5) is 18.4. The summed E-state index contributed by atoms with van der Waals surface area (Å²) in [6.45, 7) is 7.96. The van der Waals surface area contributed by atoms with Gasteiger partial charge in [-0.1, -0.05) is 12.1 Å². The topological polar surface area (TPSA) is 82.1 Å². The van der Waals surface area contributed by atoms with Gasteiger partial charge in [0.1, 0.15) is 5.82 Å². The Morgan fingerprint density at radius 3 is 2.41 bits per heavy atom. The highest BCUT2D eigenvalue weighted by Gasteiger charge is 2.22. The lowest BCUT2D eigenvalue weighted by Crippen LogP contribution is -2.42. The van der Waals surface area contributed by atoms with Crippen molar-refractivity contribution in [2.24, 2.45) is 0 Å². The van der Waals surface area contributed by atoms with Crippen molar-refractivity contribution in [3.05, 3.63) is 35.7 Å². The van der Waals surface area contributed by atoms with Gasteiger partial charge < -0.3 is 10.0 Å². The van der Waals surface area contributed by atoms with Gasteiger partial charge in [0.05, 0.1) is 5.60 Å². The summed E-state index contributed by atoms with van der Waals surface area (Å²) < 4.78 is 0. The Balaban J connectivity index is 2.17. The van der Waals surface area contributed by atoms with Crippen LogP contribution in [0.25, 0.3) is 11.4 Å². The number of aliphatic hydroxyl groups is 1. The van der Waals surface area contributed by atoms with E-state index in [1.165, 1.54) is 0 Å². The van der Waals surface area contributed by atoms with Crippen LogP contribution in [-0.4, -0.2) is 49.8 Å². The minimum absolute atomic E-state index is 0.0951. The molecule has 0 bridgehead atoms. The molecule has 2 N–H and O–H groups in total. The van der Waals surface area contributed by atoms with Gasteiger partial charge in [-0.05, 0) is 39.8 Å². The third-order valence-corrected chi connectivity index (χ3v) is 3.23. The number of aryl methyl sites for hydroxylation is 1. The molecular formula is C16H22N4O2. The first-order valence-electron chi connectivity index (χ1n) is 7.31. The van der Waals surface area contributed by atoms with Gasteiger partial charge in [0.15, 0.2) is 5.82 Å². The Bertz CT molecular complexity index is 641. The normalized spacial score (nSPS) is 11.5. The average Bonchev–Trinajstić information content (AvgIpc) is 2.90. The summed E-state index contributed by atoms with van der Waals surface area (Å²) in [5.41, 5.74) is 0.524. The van der Waals surface area contributed by atoms with E-state index in [0.717, 1.165) is 11.4 Å². The zero-order valence-corrected chi connectivity index (χ0v) is 13.4. The molecule has 0 atom stereocenters. The van der Waals surface area contributed by atoms with Gasteiger partial charge in [0, 0.05) is 24.2 Å². The Hall–Kier alpha value is -2.21. The van der Waals surface area contributed by atoms with Gasteiger partial charge in [0.25, 0.3) is 5.91 Å². The second kappa shape index (κ2) is 6.27. The summed E-state index contributed by atoms with van der Waals surface area (Å²) in [5, 5.41) is 16.8. The maximum Gasteiger partial charge on any atom is 0.253 e. The fraction of sp³-hybridized carbons (Fsp3) is 0.438. The van der Waals surface area contributed by atoms with Crippen molar-refractivity contribution in [1.82, 2.24) is 20.1 Å². The predicted molar refractivity (Wildman–Crippen MR) is 84.4 cm³/mol. The van der Waals surface area contributed by atoms with Crippen molar-refractivity contribution in [2.75, 3.05) is 13.1 Å². The lowest BCUT2D eigenvalue weighted by atomic mass is 10.1. The van der Waals surface area contributed by atoms with Crippen LogP contribution in [0, 0.1) is 6.92 Å². The zero-order chi connectivity index (χ0) is 16.3. The molecule has 0 spiro atoms. The molecule has 2 rings (SSSR count). The van der Waals surface area contributed by atoms with Gasteiger partial charge in [-0.2, -0.15) is 5.10 Å². The van der Waals surface area contributed by atoms with E-state index >= 15 is 0 Å². The Morgan fingerprint density at radius 1 is 1.32 bits per heavy atom. The van der Waals surface area contributed by atoms with E-state index in [9.17, 15) is 9.90 Å². The Labute approximate surface area is 130 Å². The molecule has 1 aromatic heterocycles. The smallest absolute Gasteiger partial charge is 0.253 e. The highest BCUT2D eigenvalue weighted by atomic mass is 16.3. The molecule has 0 aliphatic heterocycles. The van der Waals surface area contributed by atoms with E-state index in [2.05, 4.69) is 15.2 Å². The van der Waals surface area contributed by atoms with Crippen LogP contribution >= 0.6 is 0 Å². The number of amides is 1. The third-order valence-electron chi connectivity index (χ3n) is 3.23. The predicted octanol–water partition coefficient (Wildman–Crippen LogP) is 2.01. The number of nitrogens with zero attached hydrogens (tertiary/aromatic N) is 3. The Morgan fingerprint density at radius 2 is 1.95 bits per heavy atom. The molecule has 0 unspecified atom stereocenters. The zero-order valence-electron chi connectivity index (χ0n) is 13.4. The van der Waals surface area contributed by atoms with Crippen molar-refractivity contribution >= 4 is 5.91 Å². The first-order valence-corrected chi connectivity index (χ1v) is 7.31. The van der Waals surface area contributed by atoms with Crippen LogP contribution in [0.15, 0.2) is 24.3 Å². The highest BCUT2D eigenvalue weighted by molar-refractivity contribution is 5.94. The molecule has 6 heteroatoms. The number of hydrogen-bond donors (Lipinski definition) is 2. The minimum Gasteiger partial charge on any atom is -0.389 e. The third kappa shape index (κ3) is 3.92. The molecule has 22 heavy (non-hydrogen) atoms. The van der Waals surface area contributed by atoms with Gasteiger partial charge in [-0.25, -0.2) is 4.98 Å². The summed E-state index contributed by atoms with van der Waals surface area (Å²) in [5.74, 6) is 1.26. The number of nitrogens with one attached hydrogen (secondary N) is 1. The maximum absolute atomic E-state index is 12.5. The molecule has 0 saturated carbocycles. The van der Waals surface area contributed by atoms with Crippen LogP contribution < -0.4 is 0 Å². The number of benzene rings is 1. The molecule has 1 heterocycles. The number of carbonyl (C=O) groups is 1. The van der Waals surface area contributed by atoms with E-state index in [4.69, 9.17) is 0 Å². The highest BCUT2D eigenvalue weighted by Crippen LogP contribution is 2.17. The van der Waals surface area contributed by atoms with Crippen LogP contribution in [0.1, 0.15) is 37.0 Å². The van der Waals surface area contributed by atoms with Crippen LogP contribution in [0.3, 0.4) is 0 Å². The Kier molecular flexibility index (Phi) is 4.61. The number of likely N-dealkylation sites (N-methyl/N-ethyl adjacent to an activating group) is 1. The van der Waals surface area contributed by atoms with Crippen LogP contribution in [-0.2, 0) is 0 Å². The monoisotopic (exact) mass is 302 g/mol. The lowest BCUT2D eigenvalue weighted by molar-refractivity contribution is 0.0314. The number of rotatable bonds is 5. The van der Waals surface area contributed by atoms with Gasteiger partial charge >= 0.3 is 0 Å². The molecular weight excluding hydrogens is 280 g/mol. The molecule has 1 amide bonds. The molecule has 0 aliphatic carbocycles. The molecule has 0 aliphatic rings. The second-order valence-corrected chi connectivity index (χ2v) is 5.95. The van der Waals surface area contributed by atoms with E-state index in [1.807, 2.05) is 26.0 Å². The van der Waals surface area contributed by atoms with Crippen molar-refractivity contribution in [1.29, 1.82) is 0 Å². The number of hydrogen-bond acceptors (Lipinski definition) is 4. The molecule has 2 aromatic rings. The fourth-order valence-corrected chi connectivity index (χ4v) is 2.21. The van der Waals surface area contributed by atoms with Crippen molar-refractivity contribution in [3.63, 3.8) is 0 Å². The SMILES string of the molecule is CCN(CC(C)(C)O)C(=O)c1ccc(-c2n[nH]c(C)n2)cc1. The van der Waals surface area contributed by atoms with Gasteiger partial charge in [-0.15, -0.1) is 0 Å². The standard InChI is InChI=1S/C16H22N4O2/c1-5-20(10-16(3,4)22)15(21)13-8-6-12(7-9-13)14-17-11(2)18-19-14/h6-9,22H,5,10H2,1-4H3,(H,17,18,19). The number of carbonyl (C=O) groups excluding carboxylic acids is 1. The number of H-pyrrole nitrogens is 1. The maximum atomic E-state index is 12.5. The lowest BCUT2D eigenvalue weighted by Gasteiger charge is -2.28. The fourth-order valence-electron chi connectivity index (χ4n) is 2.21. The number of aromatic amines is 1. The molecule has 0 saturated heterocycles. The van der Waals surface area contributed by atoms with E-state index in [1.54, 1.807) is 30.9 Å². The molecule has 6 nitrogen and oxygen atoms in total. The minimum atomic E-state index is -0.915. The summed E-state index contributed by atoms with van der Waals surface area (Å²) in [6, 6.07) is 7.17. The van der Waals surface area contributed by atoms with Crippen molar-refractivity contribution in [3.8, 4) is 11.4 Å². The van der Waals surface area contributed by atoms with Gasteiger partial charge in [0.2, 0.25) is 0 Å². The van der Waals surface area contributed by atoms with Crippen LogP contribution in [0.4, 0.5) is 0 Å². The van der Waals surface area contributed by atoms with Crippen LogP contribution in [0.5, 0.6) is 0 Å². The molecule has 1 aromatic carbocycles. The van der Waals surface area contributed by atoms with Crippen molar-refractivity contribution < 1.29 is 9.90 Å². The largest absolute Gasteiger partial charge is 0.389 e.